The summed E-state index contributed by atoms with van der Waals surface area (Å²) in [5.41, 5.74) is 0. The second-order valence-corrected chi connectivity index (χ2v) is 2.52. The molecular weight excluding hydrogens is 183 g/mol. The zero-order valence-corrected chi connectivity index (χ0v) is 8.52. The Morgan fingerprint density at radius 1 is 1.45 bits per heavy atom. The number of nitrogens with zero attached hydrogens (tertiary/aromatic N) is 3. The molecule has 0 unspecified atom stereocenters. The average Bonchev–Trinajstić information content (AvgIpc) is 2.12. The Morgan fingerprint density at radius 3 is 2.27 bits per heavy atom. The summed E-state index contributed by atoms with van der Waals surface area (Å²) in [6.07, 6.45) is 2.12. The summed E-state index contributed by atoms with van der Waals surface area (Å²) in [5, 5.41) is 11.0. The van der Waals surface area contributed by atoms with Crippen molar-refractivity contribution in [2.75, 3.05) is 0 Å². The summed E-state index contributed by atoms with van der Waals surface area (Å²) in [4.78, 5) is 0. The van der Waals surface area contributed by atoms with E-state index < -0.39 is 10.3 Å². The Kier molecular flexibility index (Phi) is 3.97. The predicted octanol–water partition coefficient (Wildman–Crippen LogP) is -4.97. The van der Waals surface area contributed by atoms with Crippen LogP contribution in [0.1, 0.15) is 1.43 Å². The van der Waals surface area contributed by atoms with Gasteiger partial charge in [-0.15, -0.1) is 14.9 Å². The van der Waals surface area contributed by atoms with Crippen molar-refractivity contribution >= 4 is 10.3 Å². The van der Waals surface area contributed by atoms with Crippen molar-refractivity contribution in [3.8, 4) is 0 Å². The smallest absolute Gasteiger partial charge is 1.00 e. The molecule has 11 heavy (non-hydrogen) atoms. The normalized spacial score (nSPS) is 10.3. The molecule has 0 spiro atoms. The maximum atomic E-state index is 10.2. The average molecular weight is 188 g/mol. The van der Waals surface area contributed by atoms with E-state index in [9.17, 15) is 8.42 Å². The first-order chi connectivity index (χ1) is 4.58. The first-order valence-electron chi connectivity index (χ1n) is 2.15. The Balaban J connectivity index is 0. The van der Waals surface area contributed by atoms with Gasteiger partial charge in [0.1, 0.15) is 0 Å². The summed E-state index contributed by atoms with van der Waals surface area (Å²) in [5.74, 6) is 0. The van der Waals surface area contributed by atoms with Crippen LogP contribution in [0, 0.1) is 0 Å². The van der Waals surface area contributed by atoms with Crippen molar-refractivity contribution in [1.29, 1.82) is 0 Å². The molecule has 1 heterocycles. The second-order valence-electron chi connectivity index (χ2n) is 1.39. The molecule has 1 aromatic heterocycles. The first kappa shape index (κ1) is 10.8. The van der Waals surface area contributed by atoms with Crippen molar-refractivity contribution in [3.05, 3.63) is 12.7 Å². The molecule has 0 saturated carbocycles. The van der Waals surface area contributed by atoms with E-state index in [1.54, 1.807) is 0 Å². The van der Waals surface area contributed by atoms with Crippen molar-refractivity contribution in [2.45, 2.75) is 0 Å². The van der Waals surface area contributed by atoms with Crippen LogP contribution in [0.2, 0.25) is 0 Å². The number of rotatable bonds is 2. The van der Waals surface area contributed by atoms with Gasteiger partial charge in [0.25, 0.3) is 0 Å². The first-order valence-corrected chi connectivity index (χ1v) is 3.62. The quantitative estimate of drug-likeness (QED) is 0.468. The molecule has 0 radical (unpaired) electrons. The van der Waals surface area contributed by atoms with E-state index in [-0.39, 0.29) is 31.0 Å². The molecule has 1 rings (SSSR count). The van der Waals surface area contributed by atoms with Gasteiger partial charge in [0, 0.05) is 0 Å². The van der Waals surface area contributed by atoms with E-state index >= 15 is 0 Å². The van der Waals surface area contributed by atoms with Crippen LogP contribution < -0.4 is 39.0 Å². The molecule has 58 valence electrons. The number of aromatic nitrogens is 3. The molecule has 7 nitrogen and oxygen atoms in total. The fraction of sp³-hybridized carbons (Fsp3) is 0. The van der Waals surface area contributed by atoms with Gasteiger partial charge in [-0.05, 0) is 0 Å². The van der Waals surface area contributed by atoms with Crippen LogP contribution in [0.5, 0.6) is 0 Å². The van der Waals surface area contributed by atoms with Gasteiger partial charge in [-0.25, -0.2) is 0 Å². The van der Waals surface area contributed by atoms with Gasteiger partial charge >= 0.3 is 39.9 Å². The molecule has 0 amide bonds. The summed E-state index contributed by atoms with van der Waals surface area (Å²) < 4.78 is 25.2. The molecule has 1 aromatic rings. The molecule has 0 aliphatic carbocycles. The van der Waals surface area contributed by atoms with E-state index in [0.717, 1.165) is 17.4 Å². The predicted molar refractivity (Wildman–Crippen MR) is 30.8 cm³/mol. The summed E-state index contributed by atoms with van der Waals surface area (Å²) in [6.45, 7) is 0. The van der Waals surface area contributed by atoms with E-state index in [1.165, 1.54) is 0 Å². The van der Waals surface area contributed by atoms with Gasteiger partial charge in [-0.2, -0.15) is 13.6 Å². The molecule has 0 atom stereocenters. The Bertz CT molecular complexity index is 298. The summed E-state index contributed by atoms with van der Waals surface area (Å²) in [7, 11) is -3.96. The standard InChI is InChI=1S/C2H4N4O3S.Na.H/c3-10(7,8)9-6-1-4-5-2-6;;/h1-2H,(H2,3,7,8);;/q;+1;-1. The number of hydrogen-bond acceptors (Lipinski definition) is 5. The molecule has 0 saturated heterocycles. The largest absolute Gasteiger partial charge is 1.00 e. The topological polar surface area (TPSA) is 100 Å². The van der Waals surface area contributed by atoms with E-state index in [4.69, 9.17) is 0 Å². The Hall–Kier alpha value is -0.150. The minimum absolute atomic E-state index is 0. The van der Waals surface area contributed by atoms with Crippen LogP contribution in [0.15, 0.2) is 12.7 Å². The molecule has 0 bridgehead atoms. The van der Waals surface area contributed by atoms with Crippen LogP contribution in [0.4, 0.5) is 0 Å². The van der Waals surface area contributed by atoms with Gasteiger partial charge in [-0.3, -0.25) is 4.28 Å². The van der Waals surface area contributed by atoms with Gasteiger partial charge < -0.3 is 1.43 Å². The third kappa shape index (κ3) is 4.32. The maximum absolute atomic E-state index is 10.2. The van der Waals surface area contributed by atoms with Gasteiger partial charge in [0.15, 0.2) is 12.7 Å². The molecule has 0 aliphatic heterocycles. The fourth-order valence-corrected chi connectivity index (χ4v) is 0.667. The molecular formula is C2H5N4NaO3S. The van der Waals surface area contributed by atoms with Crippen LogP contribution >= 0.6 is 0 Å². The Labute approximate surface area is 86.5 Å². The van der Waals surface area contributed by atoms with E-state index in [2.05, 4.69) is 19.6 Å². The minimum Gasteiger partial charge on any atom is -1.00 e. The molecule has 0 aromatic carbocycles. The second kappa shape index (κ2) is 4.02. The zero-order chi connectivity index (χ0) is 7.61. The third-order valence-electron chi connectivity index (χ3n) is 0.588. The summed E-state index contributed by atoms with van der Waals surface area (Å²) >= 11 is 0. The van der Waals surface area contributed by atoms with Crippen LogP contribution in [0.3, 0.4) is 0 Å². The van der Waals surface area contributed by atoms with Gasteiger partial charge in [-0.1, -0.05) is 0 Å². The van der Waals surface area contributed by atoms with Crippen molar-refractivity contribution in [3.63, 3.8) is 0 Å². The van der Waals surface area contributed by atoms with E-state index in [1.807, 2.05) is 0 Å². The molecule has 2 N–H and O–H groups in total. The van der Waals surface area contributed by atoms with Gasteiger partial charge in [0.2, 0.25) is 0 Å². The van der Waals surface area contributed by atoms with Gasteiger partial charge in [0.05, 0.1) is 0 Å². The SMILES string of the molecule is NS(=O)(=O)On1cnnc1.[H-].[Na+]. The van der Waals surface area contributed by atoms with Crippen molar-refractivity contribution in [1.82, 2.24) is 14.9 Å². The molecule has 0 aliphatic rings. The van der Waals surface area contributed by atoms with Crippen molar-refractivity contribution in [2.24, 2.45) is 5.14 Å². The fourth-order valence-electron chi connectivity index (χ4n) is 0.350. The monoisotopic (exact) mass is 188 g/mol. The third-order valence-corrected chi connectivity index (χ3v) is 0.967. The number of nitrogens with two attached hydrogens (primary N) is 1. The molecule has 0 fully saturated rings. The Morgan fingerprint density at radius 2 is 1.91 bits per heavy atom. The van der Waals surface area contributed by atoms with Crippen LogP contribution in [-0.2, 0) is 10.3 Å². The maximum Gasteiger partial charge on any atom is 1.00 e. The zero-order valence-electron chi connectivity index (χ0n) is 6.71. The molecule has 9 heteroatoms. The minimum atomic E-state index is -3.96. The van der Waals surface area contributed by atoms with Crippen LogP contribution in [0.25, 0.3) is 0 Å². The summed E-state index contributed by atoms with van der Waals surface area (Å²) in [6, 6.07) is 0. The number of hydrogen-bond donors (Lipinski definition) is 1. The van der Waals surface area contributed by atoms with E-state index in [0.29, 0.717) is 0 Å². The van der Waals surface area contributed by atoms with Crippen LogP contribution in [-0.4, -0.2) is 23.3 Å². The van der Waals surface area contributed by atoms with Crippen molar-refractivity contribution < 1.29 is 43.7 Å².